The van der Waals surface area contributed by atoms with Gasteiger partial charge in [-0.05, 0) is 37.1 Å². The number of hydrogen-bond donors (Lipinski definition) is 0. The van der Waals surface area contributed by atoms with Gasteiger partial charge in [0.05, 0.1) is 6.20 Å². The Morgan fingerprint density at radius 3 is 2.50 bits per heavy atom. The quantitative estimate of drug-likeness (QED) is 0.869. The number of pyridine rings is 2. The lowest BCUT2D eigenvalue weighted by atomic mass is 9.94. The molecule has 5 nitrogen and oxygen atoms in total. The first kappa shape index (κ1) is 15.1. The van der Waals surface area contributed by atoms with Gasteiger partial charge in [0.15, 0.2) is 0 Å². The third-order valence-electron chi connectivity index (χ3n) is 3.89. The van der Waals surface area contributed by atoms with Crippen LogP contribution in [0.4, 0.5) is 4.39 Å². The molecule has 0 amide bonds. The Morgan fingerprint density at radius 1 is 1.14 bits per heavy atom. The Labute approximate surface area is 128 Å². The summed E-state index contributed by atoms with van der Waals surface area (Å²) in [5.74, 6) is -0.193. The fourth-order valence-corrected chi connectivity index (χ4v) is 4.10. The molecule has 7 heteroatoms. The van der Waals surface area contributed by atoms with Gasteiger partial charge in [0.2, 0.25) is 10.0 Å². The van der Waals surface area contributed by atoms with E-state index in [1.54, 1.807) is 24.4 Å². The molecule has 2 aromatic heterocycles. The molecule has 0 N–H and O–H groups in total. The van der Waals surface area contributed by atoms with Crippen LogP contribution >= 0.6 is 0 Å². The molecule has 0 saturated carbocycles. The van der Waals surface area contributed by atoms with E-state index in [1.807, 2.05) is 0 Å². The first-order valence-corrected chi connectivity index (χ1v) is 8.53. The molecule has 0 radical (unpaired) electrons. The molecule has 116 valence electrons. The summed E-state index contributed by atoms with van der Waals surface area (Å²) in [6.45, 7) is 0.863. The molecule has 3 rings (SSSR count). The minimum Gasteiger partial charge on any atom is -0.263 e. The maximum absolute atomic E-state index is 12.9. The van der Waals surface area contributed by atoms with Crippen LogP contribution in [0.2, 0.25) is 0 Å². The van der Waals surface area contributed by atoms with E-state index in [0.717, 1.165) is 5.69 Å². The van der Waals surface area contributed by atoms with E-state index in [1.165, 1.54) is 22.8 Å². The lowest BCUT2D eigenvalue weighted by Crippen LogP contribution is -2.38. The molecule has 1 aliphatic heterocycles. The Balaban J connectivity index is 1.70. The molecule has 0 spiro atoms. The Hall–Kier alpha value is -1.86. The first-order chi connectivity index (χ1) is 10.6. The highest BCUT2D eigenvalue weighted by Gasteiger charge is 2.30. The summed E-state index contributed by atoms with van der Waals surface area (Å²) in [6, 6.07) is 6.23. The lowest BCUT2D eigenvalue weighted by molar-refractivity contribution is 0.316. The van der Waals surface area contributed by atoms with Gasteiger partial charge in [-0.1, -0.05) is 0 Å². The number of sulfonamides is 1. The van der Waals surface area contributed by atoms with Crippen LogP contribution in [0.3, 0.4) is 0 Å². The summed E-state index contributed by atoms with van der Waals surface area (Å²) >= 11 is 0. The second-order valence-electron chi connectivity index (χ2n) is 5.27. The van der Waals surface area contributed by atoms with Crippen LogP contribution in [0.15, 0.2) is 47.8 Å². The van der Waals surface area contributed by atoms with E-state index in [2.05, 4.69) is 9.97 Å². The van der Waals surface area contributed by atoms with Crippen molar-refractivity contribution in [3.8, 4) is 0 Å². The number of piperidine rings is 1. The highest BCUT2D eigenvalue weighted by atomic mass is 32.2. The molecule has 1 saturated heterocycles. The second kappa shape index (κ2) is 6.10. The highest BCUT2D eigenvalue weighted by molar-refractivity contribution is 7.89. The maximum atomic E-state index is 12.9. The number of aromatic nitrogens is 2. The monoisotopic (exact) mass is 321 g/mol. The Morgan fingerprint density at radius 2 is 1.91 bits per heavy atom. The lowest BCUT2D eigenvalue weighted by Gasteiger charge is -2.30. The summed E-state index contributed by atoms with van der Waals surface area (Å²) in [5.41, 5.74) is 0.819. The van der Waals surface area contributed by atoms with Crippen molar-refractivity contribution >= 4 is 10.0 Å². The van der Waals surface area contributed by atoms with E-state index >= 15 is 0 Å². The first-order valence-electron chi connectivity index (χ1n) is 7.09. The Kier molecular flexibility index (Phi) is 4.17. The van der Waals surface area contributed by atoms with Crippen molar-refractivity contribution in [2.45, 2.75) is 23.7 Å². The average Bonchev–Trinajstić information content (AvgIpc) is 2.56. The highest BCUT2D eigenvalue weighted by Crippen LogP contribution is 2.29. The summed E-state index contributed by atoms with van der Waals surface area (Å²) in [5, 5.41) is 0. The molecule has 22 heavy (non-hydrogen) atoms. The summed E-state index contributed by atoms with van der Waals surface area (Å²) < 4.78 is 39.4. The topological polar surface area (TPSA) is 63.2 Å². The van der Waals surface area contributed by atoms with Crippen molar-refractivity contribution in [1.82, 2.24) is 14.3 Å². The van der Waals surface area contributed by atoms with Gasteiger partial charge in [-0.25, -0.2) is 12.8 Å². The predicted molar refractivity (Wildman–Crippen MR) is 79.2 cm³/mol. The van der Waals surface area contributed by atoms with Crippen LogP contribution in [0.5, 0.6) is 0 Å². The van der Waals surface area contributed by atoms with Gasteiger partial charge in [0.25, 0.3) is 0 Å². The third kappa shape index (κ3) is 3.00. The van der Waals surface area contributed by atoms with Crippen molar-refractivity contribution in [3.63, 3.8) is 0 Å². The molecule has 1 fully saturated rings. The molecule has 0 aliphatic carbocycles. The average molecular weight is 321 g/mol. The zero-order chi connectivity index (χ0) is 15.6. The van der Waals surface area contributed by atoms with Gasteiger partial charge in [0.1, 0.15) is 10.7 Å². The standard InChI is InChI=1S/C15H16FN3O2S/c16-13-3-4-15(18-10-13)12-5-8-19(9-6-12)22(20,21)14-2-1-7-17-11-14/h1-4,7,10-12H,5-6,8-9H2. The molecule has 0 aromatic carbocycles. The van der Waals surface area contributed by atoms with Crippen molar-refractivity contribution in [1.29, 1.82) is 0 Å². The fraction of sp³-hybridized carbons (Fsp3) is 0.333. The van der Waals surface area contributed by atoms with Crippen molar-refractivity contribution < 1.29 is 12.8 Å². The fourth-order valence-electron chi connectivity index (χ4n) is 2.67. The SMILES string of the molecule is O=S(=O)(c1cccnc1)N1CCC(c2ccc(F)cn2)CC1. The summed E-state index contributed by atoms with van der Waals surface area (Å²) in [4.78, 5) is 8.18. The van der Waals surface area contributed by atoms with Gasteiger partial charge in [-0.3, -0.25) is 9.97 Å². The minimum atomic E-state index is -3.48. The van der Waals surface area contributed by atoms with Crippen molar-refractivity contribution in [3.05, 3.63) is 54.4 Å². The molecule has 0 unspecified atom stereocenters. The Bertz CT molecular complexity index is 727. The molecule has 1 aliphatic rings. The van der Waals surface area contributed by atoms with E-state index in [9.17, 15) is 12.8 Å². The second-order valence-corrected chi connectivity index (χ2v) is 7.21. The normalized spacial score (nSPS) is 17.5. The molecule has 3 heterocycles. The van der Waals surface area contributed by atoms with Crippen molar-refractivity contribution in [2.75, 3.05) is 13.1 Å². The zero-order valence-electron chi connectivity index (χ0n) is 11.9. The third-order valence-corrected chi connectivity index (χ3v) is 5.78. The summed E-state index contributed by atoms with van der Waals surface area (Å²) in [7, 11) is -3.48. The van der Waals surface area contributed by atoms with E-state index < -0.39 is 10.0 Å². The van der Waals surface area contributed by atoms with Crippen LogP contribution < -0.4 is 0 Å². The number of rotatable bonds is 3. The number of hydrogen-bond acceptors (Lipinski definition) is 4. The molecule has 2 aromatic rings. The zero-order valence-corrected chi connectivity index (χ0v) is 12.7. The van der Waals surface area contributed by atoms with Crippen LogP contribution in [-0.4, -0.2) is 35.8 Å². The van der Waals surface area contributed by atoms with Gasteiger partial charge in [-0.2, -0.15) is 4.31 Å². The van der Waals surface area contributed by atoms with E-state index in [0.29, 0.717) is 25.9 Å². The number of halogens is 1. The van der Waals surface area contributed by atoms with Crippen LogP contribution in [0.25, 0.3) is 0 Å². The van der Waals surface area contributed by atoms with Crippen LogP contribution in [0, 0.1) is 5.82 Å². The molecular weight excluding hydrogens is 305 g/mol. The van der Waals surface area contributed by atoms with E-state index in [4.69, 9.17) is 0 Å². The van der Waals surface area contributed by atoms with Gasteiger partial charge in [0, 0.05) is 37.1 Å². The predicted octanol–water partition coefficient (Wildman–Crippen LogP) is 2.18. The van der Waals surface area contributed by atoms with Crippen LogP contribution in [-0.2, 0) is 10.0 Å². The molecule has 0 bridgehead atoms. The minimum absolute atomic E-state index is 0.168. The van der Waals surface area contributed by atoms with Crippen LogP contribution in [0.1, 0.15) is 24.5 Å². The van der Waals surface area contributed by atoms with E-state index in [-0.39, 0.29) is 16.6 Å². The number of nitrogens with zero attached hydrogens (tertiary/aromatic N) is 3. The van der Waals surface area contributed by atoms with Gasteiger partial charge in [-0.15, -0.1) is 0 Å². The molecule has 0 atom stereocenters. The van der Waals surface area contributed by atoms with Gasteiger partial charge >= 0.3 is 0 Å². The van der Waals surface area contributed by atoms with Crippen molar-refractivity contribution in [2.24, 2.45) is 0 Å². The largest absolute Gasteiger partial charge is 0.263 e. The maximum Gasteiger partial charge on any atom is 0.244 e. The molecular formula is C15H16FN3O2S. The smallest absolute Gasteiger partial charge is 0.244 e. The van der Waals surface area contributed by atoms with Gasteiger partial charge < -0.3 is 0 Å². The summed E-state index contributed by atoms with van der Waals surface area (Å²) in [6.07, 6.45) is 5.47.